The molecule has 5 heteroatoms. The van der Waals surface area contributed by atoms with Crippen LogP contribution in [0.3, 0.4) is 0 Å². The van der Waals surface area contributed by atoms with Crippen molar-refractivity contribution in [3.8, 4) is 0 Å². The molecule has 0 spiro atoms. The molecule has 0 saturated carbocycles. The Labute approximate surface area is 104 Å². The summed E-state index contributed by atoms with van der Waals surface area (Å²) in [4.78, 5) is 14.2. The summed E-state index contributed by atoms with van der Waals surface area (Å²) in [7, 11) is 1.65. The third-order valence-corrected chi connectivity index (χ3v) is 3.89. The minimum absolute atomic E-state index is 0.00737. The first-order chi connectivity index (χ1) is 7.69. The fourth-order valence-corrected chi connectivity index (χ4v) is 2.86. The van der Waals surface area contributed by atoms with Crippen molar-refractivity contribution in [3.05, 3.63) is 29.3 Å². The Balaban J connectivity index is 1.81. The van der Waals surface area contributed by atoms with Gasteiger partial charge in [0.05, 0.1) is 0 Å². The second kappa shape index (κ2) is 4.97. The highest BCUT2D eigenvalue weighted by Crippen LogP contribution is 2.30. The molecule has 0 aromatic heterocycles. The first-order valence-electron chi connectivity index (χ1n) is 5.08. The van der Waals surface area contributed by atoms with E-state index >= 15 is 0 Å². The van der Waals surface area contributed by atoms with E-state index in [-0.39, 0.29) is 6.03 Å². The SMILES string of the molecule is CNC(=O)N1CC(Sc2ccc(Cl)cc2)C1. The quantitative estimate of drug-likeness (QED) is 0.882. The number of nitrogens with zero attached hydrogens (tertiary/aromatic N) is 1. The van der Waals surface area contributed by atoms with Gasteiger partial charge in [-0.3, -0.25) is 0 Å². The highest BCUT2D eigenvalue weighted by atomic mass is 35.5. The molecule has 2 amide bonds. The number of halogens is 1. The van der Waals surface area contributed by atoms with Gasteiger partial charge in [0, 0.05) is 35.3 Å². The average molecular weight is 257 g/mol. The second-order valence-electron chi connectivity index (χ2n) is 3.65. The van der Waals surface area contributed by atoms with Gasteiger partial charge in [-0.15, -0.1) is 11.8 Å². The van der Waals surface area contributed by atoms with E-state index in [2.05, 4.69) is 5.32 Å². The van der Waals surface area contributed by atoms with Gasteiger partial charge in [0.1, 0.15) is 0 Å². The molecular formula is C11H13ClN2OS. The summed E-state index contributed by atoms with van der Waals surface area (Å²) in [5.74, 6) is 0. The van der Waals surface area contributed by atoms with Crippen molar-refractivity contribution in [2.75, 3.05) is 20.1 Å². The summed E-state index contributed by atoms with van der Waals surface area (Å²) in [6.45, 7) is 1.62. The van der Waals surface area contributed by atoms with Crippen molar-refractivity contribution < 1.29 is 4.79 Å². The lowest BCUT2D eigenvalue weighted by molar-refractivity contribution is 0.173. The number of urea groups is 1. The van der Waals surface area contributed by atoms with Crippen molar-refractivity contribution in [3.63, 3.8) is 0 Å². The Morgan fingerprint density at radius 2 is 2.06 bits per heavy atom. The van der Waals surface area contributed by atoms with E-state index in [1.165, 1.54) is 4.90 Å². The Morgan fingerprint density at radius 1 is 1.44 bits per heavy atom. The van der Waals surface area contributed by atoms with Crippen LogP contribution in [0.5, 0.6) is 0 Å². The molecule has 1 aliphatic rings. The lowest BCUT2D eigenvalue weighted by Crippen LogP contribution is -2.54. The van der Waals surface area contributed by atoms with E-state index in [9.17, 15) is 4.79 Å². The molecule has 0 radical (unpaired) electrons. The van der Waals surface area contributed by atoms with E-state index in [1.807, 2.05) is 24.3 Å². The Hall–Kier alpha value is -0.870. The number of thioether (sulfide) groups is 1. The van der Waals surface area contributed by atoms with Gasteiger partial charge in [0.2, 0.25) is 0 Å². The highest BCUT2D eigenvalue weighted by molar-refractivity contribution is 8.00. The van der Waals surface area contributed by atoms with Gasteiger partial charge in [-0.25, -0.2) is 4.79 Å². The van der Waals surface area contributed by atoms with E-state index < -0.39 is 0 Å². The van der Waals surface area contributed by atoms with Crippen LogP contribution in [0.1, 0.15) is 0 Å². The lowest BCUT2D eigenvalue weighted by Gasteiger charge is -2.38. The van der Waals surface area contributed by atoms with Crippen LogP contribution < -0.4 is 5.32 Å². The van der Waals surface area contributed by atoms with Gasteiger partial charge >= 0.3 is 6.03 Å². The molecule has 3 nitrogen and oxygen atoms in total. The van der Waals surface area contributed by atoms with E-state index in [0.29, 0.717) is 5.25 Å². The number of carbonyl (C=O) groups excluding carboxylic acids is 1. The summed E-state index contributed by atoms with van der Waals surface area (Å²) in [5.41, 5.74) is 0. The normalized spacial score (nSPS) is 15.8. The van der Waals surface area contributed by atoms with Crippen molar-refractivity contribution >= 4 is 29.4 Å². The Morgan fingerprint density at radius 3 is 2.62 bits per heavy atom. The van der Waals surface area contributed by atoms with Crippen LogP contribution in [-0.2, 0) is 0 Å². The summed E-state index contributed by atoms with van der Waals surface area (Å²) in [6, 6.07) is 7.80. The van der Waals surface area contributed by atoms with Crippen LogP contribution in [0.15, 0.2) is 29.2 Å². The minimum Gasteiger partial charge on any atom is -0.341 e. The zero-order valence-corrected chi connectivity index (χ0v) is 10.5. The molecular weight excluding hydrogens is 244 g/mol. The number of nitrogens with one attached hydrogen (secondary N) is 1. The monoisotopic (exact) mass is 256 g/mol. The van der Waals surface area contributed by atoms with Crippen molar-refractivity contribution in [1.82, 2.24) is 10.2 Å². The smallest absolute Gasteiger partial charge is 0.317 e. The molecule has 0 aliphatic carbocycles. The molecule has 1 aromatic carbocycles. The summed E-state index contributed by atoms with van der Waals surface area (Å²) >= 11 is 7.60. The third-order valence-electron chi connectivity index (χ3n) is 2.47. The maximum Gasteiger partial charge on any atom is 0.317 e. The van der Waals surface area contributed by atoms with E-state index in [1.54, 1.807) is 23.7 Å². The average Bonchev–Trinajstić information content (AvgIpc) is 2.24. The second-order valence-corrected chi connectivity index (χ2v) is 5.46. The van der Waals surface area contributed by atoms with Gasteiger partial charge in [-0.1, -0.05) is 11.6 Å². The molecule has 1 fully saturated rings. The van der Waals surface area contributed by atoms with Gasteiger partial charge in [0.15, 0.2) is 0 Å². The maximum atomic E-state index is 11.2. The molecule has 1 saturated heterocycles. The number of benzene rings is 1. The number of hydrogen-bond donors (Lipinski definition) is 1. The fraction of sp³-hybridized carbons (Fsp3) is 0.364. The van der Waals surface area contributed by atoms with Crippen molar-refractivity contribution in [2.24, 2.45) is 0 Å². The minimum atomic E-state index is 0.00737. The number of carbonyl (C=O) groups is 1. The number of rotatable bonds is 2. The number of likely N-dealkylation sites (tertiary alicyclic amines) is 1. The summed E-state index contributed by atoms with van der Waals surface area (Å²) in [5, 5.41) is 3.87. The molecule has 1 aliphatic heterocycles. The molecule has 2 rings (SSSR count). The van der Waals surface area contributed by atoms with Crippen LogP contribution in [0.2, 0.25) is 5.02 Å². The molecule has 1 aromatic rings. The predicted molar refractivity (Wildman–Crippen MR) is 67.1 cm³/mol. The molecule has 16 heavy (non-hydrogen) atoms. The van der Waals surface area contributed by atoms with E-state index in [0.717, 1.165) is 18.1 Å². The van der Waals surface area contributed by atoms with Crippen LogP contribution in [-0.4, -0.2) is 36.3 Å². The highest BCUT2D eigenvalue weighted by Gasteiger charge is 2.30. The first-order valence-corrected chi connectivity index (χ1v) is 6.33. The van der Waals surface area contributed by atoms with Crippen molar-refractivity contribution in [1.29, 1.82) is 0 Å². The Kier molecular flexibility index (Phi) is 3.61. The van der Waals surface area contributed by atoms with Crippen LogP contribution in [0.25, 0.3) is 0 Å². The molecule has 0 unspecified atom stereocenters. The number of amides is 2. The molecule has 86 valence electrons. The van der Waals surface area contributed by atoms with Crippen LogP contribution >= 0.6 is 23.4 Å². The topological polar surface area (TPSA) is 32.3 Å². The molecule has 1 heterocycles. The molecule has 0 bridgehead atoms. The zero-order valence-electron chi connectivity index (χ0n) is 8.94. The number of hydrogen-bond acceptors (Lipinski definition) is 2. The standard InChI is InChI=1S/C11H13ClN2OS/c1-13-11(15)14-6-10(7-14)16-9-4-2-8(12)3-5-9/h2-5,10H,6-7H2,1H3,(H,13,15). The fourth-order valence-electron chi connectivity index (χ4n) is 1.54. The molecule has 0 atom stereocenters. The van der Waals surface area contributed by atoms with Crippen LogP contribution in [0.4, 0.5) is 4.79 Å². The van der Waals surface area contributed by atoms with Crippen LogP contribution in [0, 0.1) is 0 Å². The van der Waals surface area contributed by atoms with Crippen molar-refractivity contribution in [2.45, 2.75) is 10.1 Å². The van der Waals surface area contributed by atoms with Gasteiger partial charge in [0.25, 0.3) is 0 Å². The first kappa shape index (κ1) is 11.6. The van der Waals surface area contributed by atoms with Gasteiger partial charge in [-0.05, 0) is 24.3 Å². The third kappa shape index (κ3) is 2.62. The maximum absolute atomic E-state index is 11.2. The predicted octanol–water partition coefficient (Wildman–Crippen LogP) is 2.46. The largest absolute Gasteiger partial charge is 0.341 e. The zero-order chi connectivity index (χ0) is 11.5. The Bertz CT molecular complexity index is 376. The summed E-state index contributed by atoms with van der Waals surface area (Å²) in [6.07, 6.45) is 0. The van der Waals surface area contributed by atoms with Gasteiger partial charge < -0.3 is 10.2 Å². The lowest BCUT2D eigenvalue weighted by atomic mass is 10.2. The van der Waals surface area contributed by atoms with E-state index in [4.69, 9.17) is 11.6 Å². The summed E-state index contributed by atoms with van der Waals surface area (Å²) < 4.78 is 0. The van der Waals surface area contributed by atoms with Gasteiger partial charge in [-0.2, -0.15) is 0 Å². The molecule has 1 N–H and O–H groups in total.